The molecule has 0 aliphatic carbocycles. The van der Waals surface area contributed by atoms with Crippen LogP contribution >= 0.6 is 0 Å². The van der Waals surface area contributed by atoms with Crippen LogP contribution in [0, 0.1) is 12.3 Å². The zero-order valence-corrected chi connectivity index (χ0v) is 10.9. The first-order chi connectivity index (χ1) is 7.60. The molecule has 1 rings (SSSR count). The maximum Gasteiger partial charge on any atom is 0.0599 e. The van der Waals surface area contributed by atoms with Crippen molar-refractivity contribution in [3.05, 3.63) is 0 Å². The van der Waals surface area contributed by atoms with Crippen molar-refractivity contribution < 1.29 is 0 Å². The lowest BCUT2D eigenvalue weighted by molar-refractivity contribution is 0.0691. The molecule has 1 N–H and O–H groups in total. The summed E-state index contributed by atoms with van der Waals surface area (Å²) in [5, 5.41) is 3.39. The van der Waals surface area contributed by atoms with Crippen molar-refractivity contribution >= 4 is 0 Å². The lowest BCUT2D eigenvalue weighted by Crippen LogP contribution is -2.57. The fraction of sp³-hybridized carbons (Fsp3) is 0.846. The van der Waals surface area contributed by atoms with E-state index in [4.69, 9.17) is 6.42 Å². The lowest BCUT2D eigenvalue weighted by atomic mass is 10.0. The van der Waals surface area contributed by atoms with E-state index in [-0.39, 0.29) is 5.54 Å². The molecule has 0 saturated carbocycles. The molecule has 0 aromatic carbocycles. The Kier molecular flexibility index (Phi) is 5.27. The third-order valence-electron chi connectivity index (χ3n) is 3.35. The van der Waals surface area contributed by atoms with Gasteiger partial charge in [-0.2, -0.15) is 0 Å². The van der Waals surface area contributed by atoms with E-state index in [0.717, 1.165) is 45.8 Å². The van der Waals surface area contributed by atoms with E-state index in [1.54, 1.807) is 0 Å². The third-order valence-corrected chi connectivity index (χ3v) is 3.35. The van der Waals surface area contributed by atoms with E-state index in [2.05, 4.69) is 41.8 Å². The third kappa shape index (κ3) is 3.79. The Morgan fingerprint density at radius 1 is 1.38 bits per heavy atom. The predicted octanol–water partition coefficient (Wildman–Crippen LogP) is 0.625. The van der Waals surface area contributed by atoms with Gasteiger partial charge in [0.1, 0.15) is 0 Å². The highest BCUT2D eigenvalue weighted by Crippen LogP contribution is 2.16. The van der Waals surface area contributed by atoms with Crippen molar-refractivity contribution in [2.75, 3.05) is 45.8 Å². The zero-order chi connectivity index (χ0) is 12.0. The van der Waals surface area contributed by atoms with Crippen LogP contribution in [0.25, 0.3) is 0 Å². The summed E-state index contributed by atoms with van der Waals surface area (Å²) >= 11 is 0. The quantitative estimate of drug-likeness (QED) is 0.690. The Morgan fingerprint density at radius 2 is 2.00 bits per heavy atom. The number of rotatable bonds is 5. The summed E-state index contributed by atoms with van der Waals surface area (Å²) in [7, 11) is 0. The Morgan fingerprint density at radius 3 is 2.50 bits per heavy atom. The van der Waals surface area contributed by atoms with Gasteiger partial charge < -0.3 is 5.32 Å². The molecule has 1 aliphatic heterocycles. The van der Waals surface area contributed by atoms with Crippen molar-refractivity contribution in [2.24, 2.45) is 0 Å². The van der Waals surface area contributed by atoms with Crippen LogP contribution < -0.4 is 5.32 Å². The number of nitrogens with zero attached hydrogens (tertiary/aromatic N) is 2. The molecule has 0 spiro atoms. The van der Waals surface area contributed by atoms with Crippen molar-refractivity contribution in [1.29, 1.82) is 0 Å². The number of hydrogen-bond donors (Lipinski definition) is 1. The van der Waals surface area contributed by atoms with Crippen molar-refractivity contribution in [3.8, 4) is 12.3 Å². The predicted molar refractivity (Wildman–Crippen MR) is 69.5 cm³/mol. The molecule has 0 radical (unpaired) electrons. The number of piperazine rings is 1. The van der Waals surface area contributed by atoms with E-state index >= 15 is 0 Å². The van der Waals surface area contributed by atoms with E-state index in [9.17, 15) is 0 Å². The molecule has 1 heterocycles. The standard InChI is InChI=1S/C13H25N3/c1-5-9-15(6-2)12-13(3,4)16-10-7-14-8-11-16/h1,14H,6-12H2,2-4H3. The summed E-state index contributed by atoms with van der Waals surface area (Å²) in [6.45, 7) is 14.1. The van der Waals surface area contributed by atoms with Gasteiger partial charge in [0.2, 0.25) is 0 Å². The molecular formula is C13H25N3. The molecule has 0 amide bonds. The first-order valence-corrected chi connectivity index (χ1v) is 6.21. The molecule has 3 nitrogen and oxygen atoms in total. The zero-order valence-electron chi connectivity index (χ0n) is 10.9. The highest BCUT2D eigenvalue weighted by atomic mass is 15.3. The average Bonchev–Trinajstić information content (AvgIpc) is 2.29. The SMILES string of the molecule is C#CCN(CC)CC(C)(C)N1CCNCC1. The van der Waals surface area contributed by atoms with Gasteiger partial charge in [0, 0.05) is 38.3 Å². The molecular weight excluding hydrogens is 198 g/mol. The van der Waals surface area contributed by atoms with Gasteiger partial charge in [0.05, 0.1) is 6.54 Å². The highest BCUT2D eigenvalue weighted by Gasteiger charge is 2.29. The first-order valence-electron chi connectivity index (χ1n) is 6.21. The van der Waals surface area contributed by atoms with E-state index < -0.39 is 0 Å². The van der Waals surface area contributed by atoms with Crippen LogP contribution in [0.5, 0.6) is 0 Å². The van der Waals surface area contributed by atoms with Gasteiger partial charge in [0.25, 0.3) is 0 Å². The number of likely N-dealkylation sites (N-methyl/N-ethyl adjacent to an activating group) is 1. The van der Waals surface area contributed by atoms with Gasteiger partial charge in [-0.1, -0.05) is 12.8 Å². The molecule has 0 atom stereocenters. The topological polar surface area (TPSA) is 18.5 Å². The van der Waals surface area contributed by atoms with Gasteiger partial charge in [0.15, 0.2) is 0 Å². The van der Waals surface area contributed by atoms with E-state index in [1.807, 2.05) is 0 Å². The molecule has 1 saturated heterocycles. The van der Waals surface area contributed by atoms with Gasteiger partial charge in [-0.15, -0.1) is 6.42 Å². The summed E-state index contributed by atoms with van der Waals surface area (Å²) < 4.78 is 0. The van der Waals surface area contributed by atoms with Gasteiger partial charge in [-0.05, 0) is 20.4 Å². The molecule has 0 unspecified atom stereocenters. The maximum atomic E-state index is 5.39. The maximum absolute atomic E-state index is 5.39. The van der Waals surface area contributed by atoms with Crippen LogP contribution in [0.15, 0.2) is 0 Å². The minimum atomic E-state index is 0.217. The van der Waals surface area contributed by atoms with Crippen molar-refractivity contribution in [1.82, 2.24) is 15.1 Å². The Balaban J connectivity index is 2.51. The minimum Gasteiger partial charge on any atom is -0.314 e. The summed E-state index contributed by atoms with van der Waals surface area (Å²) in [5.74, 6) is 2.74. The van der Waals surface area contributed by atoms with Crippen LogP contribution in [0.1, 0.15) is 20.8 Å². The largest absolute Gasteiger partial charge is 0.314 e. The van der Waals surface area contributed by atoms with Crippen molar-refractivity contribution in [2.45, 2.75) is 26.3 Å². The monoisotopic (exact) mass is 223 g/mol. The van der Waals surface area contributed by atoms with Gasteiger partial charge in [-0.3, -0.25) is 9.80 Å². The second-order valence-corrected chi connectivity index (χ2v) is 5.06. The number of hydrogen-bond acceptors (Lipinski definition) is 3. The first kappa shape index (κ1) is 13.5. The lowest BCUT2D eigenvalue weighted by Gasteiger charge is -2.43. The Bertz CT molecular complexity index is 236. The van der Waals surface area contributed by atoms with Crippen LogP contribution in [0.4, 0.5) is 0 Å². The highest BCUT2D eigenvalue weighted by molar-refractivity contribution is 4.92. The molecule has 1 aliphatic rings. The fourth-order valence-corrected chi connectivity index (χ4v) is 2.33. The Labute approximate surface area is 100 Å². The van der Waals surface area contributed by atoms with Crippen LogP contribution in [-0.2, 0) is 0 Å². The van der Waals surface area contributed by atoms with E-state index in [0.29, 0.717) is 0 Å². The average molecular weight is 223 g/mol. The second kappa shape index (κ2) is 6.24. The van der Waals surface area contributed by atoms with Crippen molar-refractivity contribution in [3.63, 3.8) is 0 Å². The fourth-order valence-electron chi connectivity index (χ4n) is 2.33. The van der Waals surface area contributed by atoms with E-state index in [1.165, 1.54) is 0 Å². The normalized spacial score (nSPS) is 18.7. The van der Waals surface area contributed by atoms with Crippen LogP contribution in [-0.4, -0.2) is 61.2 Å². The molecule has 0 aromatic rings. The Hall–Kier alpha value is -0.560. The molecule has 16 heavy (non-hydrogen) atoms. The summed E-state index contributed by atoms with van der Waals surface area (Å²) in [4.78, 5) is 4.89. The van der Waals surface area contributed by atoms with Gasteiger partial charge >= 0.3 is 0 Å². The summed E-state index contributed by atoms with van der Waals surface area (Å²) in [6, 6.07) is 0. The van der Waals surface area contributed by atoms with Crippen LogP contribution in [0.2, 0.25) is 0 Å². The van der Waals surface area contributed by atoms with Gasteiger partial charge in [-0.25, -0.2) is 0 Å². The van der Waals surface area contributed by atoms with Crippen LogP contribution in [0.3, 0.4) is 0 Å². The summed E-state index contributed by atoms with van der Waals surface area (Å²) in [5.41, 5.74) is 0.217. The second-order valence-electron chi connectivity index (χ2n) is 5.06. The molecule has 0 aromatic heterocycles. The minimum absolute atomic E-state index is 0.217. The molecule has 0 bridgehead atoms. The smallest absolute Gasteiger partial charge is 0.0599 e. The molecule has 1 fully saturated rings. The summed E-state index contributed by atoms with van der Waals surface area (Å²) in [6.07, 6.45) is 5.39. The number of nitrogens with one attached hydrogen (secondary N) is 1. The molecule has 92 valence electrons. The molecule has 3 heteroatoms. The number of terminal acetylenes is 1.